The largest absolute Gasteiger partial charge is 0.478 e. The van der Waals surface area contributed by atoms with Crippen LogP contribution in [-0.2, 0) is 0 Å². The van der Waals surface area contributed by atoms with Crippen molar-refractivity contribution in [3.63, 3.8) is 0 Å². The van der Waals surface area contributed by atoms with Crippen LogP contribution in [0.3, 0.4) is 0 Å². The van der Waals surface area contributed by atoms with Crippen LogP contribution >= 0.6 is 0 Å². The molecule has 0 heterocycles. The molecule has 0 saturated heterocycles. The van der Waals surface area contributed by atoms with Crippen LogP contribution in [0.1, 0.15) is 36.6 Å². The Bertz CT molecular complexity index is 759. The zero-order chi connectivity index (χ0) is 16.4. The number of hydrogen-bond acceptors (Lipinski definition) is 3. The first kappa shape index (κ1) is 15.2. The summed E-state index contributed by atoms with van der Waals surface area (Å²) in [6.45, 7) is 1.59. The van der Waals surface area contributed by atoms with Crippen LogP contribution in [0.5, 0.6) is 0 Å². The molecule has 0 bridgehead atoms. The fraction of sp³-hybridized carbons (Fsp3) is 0.0625. The second-order valence-electron chi connectivity index (χ2n) is 4.69. The molecule has 2 aromatic rings. The molecule has 0 amide bonds. The van der Waals surface area contributed by atoms with Crippen molar-refractivity contribution >= 4 is 17.9 Å². The summed E-state index contributed by atoms with van der Waals surface area (Å²) in [5, 5.41) is 27.3. The topological polar surface area (TPSA) is 112 Å². The van der Waals surface area contributed by atoms with Crippen LogP contribution in [0.2, 0.25) is 0 Å². The summed E-state index contributed by atoms with van der Waals surface area (Å²) in [5.74, 6) is -3.61. The molecule has 0 atom stereocenters. The van der Waals surface area contributed by atoms with E-state index in [1.165, 1.54) is 24.3 Å². The lowest BCUT2D eigenvalue weighted by molar-refractivity contribution is 0.0681. The summed E-state index contributed by atoms with van der Waals surface area (Å²) in [5.41, 5.74) is 0.998. The monoisotopic (exact) mass is 300 g/mol. The summed E-state index contributed by atoms with van der Waals surface area (Å²) < 4.78 is 0. The zero-order valence-electron chi connectivity index (χ0n) is 11.5. The number of benzene rings is 2. The normalized spacial score (nSPS) is 10.2. The molecule has 6 heteroatoms. The van der Waals surface area contributed by atoms with Crippen molar-refractivity contribution in [3.05, 3.63) is 58.7 Å². The molecule has 0 aliphatic heterocycles. The smallest absolute Gasteiger partial charge is 0.335 e. The molecule has 0 fully saturated rings. The third-order valence-corrected chi connectivity index (χ3v) is 3.30. The van der Waals surface area contributed by atoms with Crippen LogP contribution in [0.4, 0.5) is 0 Å². The summed E-state index contributed by atoms with van der Waals surface area (Å²) in [6, 6.07) is 8.28. The van der Waals surface area contributed by atoms with Crippen LogP contribution in [0.15, 0.2) is 36.4 Å². The molecule has 2 aromatic carbocycles. The first-order chi connectivity index (χ1) is 10.3. The Morgan fingerprint density at radius 2 is 1.36 bits per heavy atom. The second kappa shape index (κ2) is 5.69. The van der Waals surface area contributed by atoms with E-state index in [4.69, 9.17) is 15.3 Å². The third-order valence-electron chi connectivity index (χ3n) is 3.30. The molecule has 0 spiro atoms. The lowest BCUT2D eigenvalue weighted by atomic mass is 9.94. The summed E-state index contributed by atoms with van der Waals surface area (Å²) in [7, 11) is 0. The molecule has 0 aromatic heterocycles. The molecule has 3 N–H and O–H groups in total. The van der Waals surface area contributed by atoms with Gasteiger partial charge in [0.2, 0.25) is 0 Å². The Labute approximate surface area is 125 Å². The number of aromatic carboxylic acids is 3. The Balaban J connectivity index is 2.72. The van der Waals surface area contributed by atoms with E-state index in [1.807, 2.05) is 0 Å². The fourth-order valence-corrected chi connectivity index (χ4v) is 2.21. The van der Waals surface area contributed by atoms with Crippen molar-refractivity contribution in [2.24, 2.45) is 0 Å². The van der Waals surface area contributed by atoms with Crippen molar-refractivity contribution in [2.75, 3.05) is 0 Å². The van der Waals surface area contributed by atoms with E-state index >= 15 is 0 Å². The molecule has 2 rings (SSSR count). The minimum Gasteiger partial charge on any atom is -0.478 e. The van der Waals surface area contributed by atoms with E-state index in [1.54, 1.807) is 13.0 Å². The van der Waals surface area contributed by atoms with E-state index in [-0.39, 0.29) is 16.7 Å². The van der Waals surface area contributed by atoms with Crippen LogP contribution in [-0.4, -0.2) is 33.2 Å². The van der Waals surface area contributed by atoms with Gasteiger partial charge in [0.05, 0.1) is 16.7 Å². The lowest BCUT2D eigenvalue weighted by Gasteiger charge is -2.11. The van der Waals surface area contributed by atoms with Crippen molar-refractivity contribution in [1.82, 2.24) is 0 Å². The first-order valence-corrected chi connectivity index (χ1v) is 6.26. The molecule has 0 unspecified atom stereocenters. The Morgan fingerprint density at radius 1 is 0.818 bits per heavy atom. The van der Waals surface area contributed by atoms with Gasteiger partial charge >= 0.3 is 17.9 Å². The van der Waals surface area contributed by atoms with Gasteiger partial charge in [0.15, 0.2) is 0 Å². The van der Waals surface area contributed by atoms with E-state index < -0.39 is 17.9 Å². The highest BCUT2D eigenvalue weighted by molar-refractivity contribution is 5.97. The summed E-state index contributed by atoms with van der Waals surface area (Å²) >= 11 is 0. The van der Waals surface area contributed by atoms with Gasteiger partial charge in [-0.1, -0.05) is 12.1 Å². The van der Waals surface area contributed by atoms with Crippen molar-refractivity contribution in [2.45, 2.75) is 6.92 Å². The number of carboxylic acid groups (broad SMARTS) is 3. The van der Waals surface area contributed by atoms with Crippen molar-refractivity contribution in [3.8, 4) is 11.1 Å². The molecule has 0 radical (unpaired) electrons. The van der Waals surface area contributed by atoms with Crippen molar-refractivity contribution in [1.29, 1.82) is 0 Å². The molecular formula is C16H12O6. The van der Waals surface area contributed by atoms with Gasteiger partial charge in [-0.15, -0.1) is 0 Å². The SMILES string of the molecule is Cc1c(C(=O)O)cccc1-c1cc(C(=O)O)cc(C(=O)O)c1. The highest BCUT2D eigenvalue weighted by Crippen LogP contribution is 2.28. The third kappa shape index (κ3) is 2.80. The average molecular weight is 300 g/mol. The van der Waals surface area contributed by atoms with Gasteiger partial charge in [0.25, 0.3) is 0 Å². The molecule has 0 saturated carbocycles. The predicted molar refractivity (Wildman–Crippen MR) is 77.5 cm³/mol. The van der Waals surface area contributed by atoms with E-state index in [0.29, 0.717) is 16.7 Å². The quantitative estimate of drug-likeness (QED) is 0.800. The highest BCUT2D eigenvalue weighted by Gasteiger charge is 2.16. The minimum atomic E-state index is -1.25. The minimum absolute atomic E-state index is 0.0788. The molecule has 6 nitrogen and oxygen atoms in total. The van der Waals surface area contributed by atoms with Crippen molar-refractivity contribution < 1.29 is 29.7 Å². The van der Waals surface area contributed by atoms with Gasteiger partial charge in [-0.3, -0.25) is 0 Å². The van der Waals surface area contributed by atoms with Crippen LogP contribution in [0, 0.1) is 6.92 Å². The maximum atomic E-state index is 11.2. The highest BCUT2D eigenvalue weighted by atomic mass is 16.4. The number of carboxylic acids is 3. The van der Waals surface area contributed by atoms with Gasteiger partial charge in [0, 0.05) is 0 Å². The second-order valence-corrected chi connectivity index (χ2v) is 4.69. The summed E-state index contributed by atoms with van der Waals surface area (Å²) in [4.78, 5) is 33.4. The van der Waals surface area contributed by atoms with Gasteiger partial charge in [-0.2, -0.15) is 0 Å². The van der Waals surface area contributed by atoms with E-state index in [9.17, 15) is 14.4 Å². The number of hydrogen-bond donors (Lipinski definition) is 3. The zero-order valence-corrected chi connectivity index (χ0v) is 11.5. The lowest BCUT2D eigenvalue weighted by Crippen LogP contribution is -2.04. The number of rotatable bonds is 4. The van der Waals surface area contributed by atoms with Crippen LogP contribution in [0.25, 0.3) is 11.1 Å². The first-order valence-electron chi connectivity index (χ1n) is 6.26. The molecule has 0 aliphatic rings. The maximum absolute atomic E-state index is 11.2. The molecule has 0 aliphatic carbocycles. The Morgan fingerprint density at radius 3 is 1.82 bits per heavy atom. The molecule has 22 heavy (non-hydrogen) atoms. The van der Waals surface area contributed by atoms with E-state index in [0.717, 1.165) is 6.07 Å². The van der Waals surface area contributed by atoms with Crippen LogP contribution < -0.4 is 0 Å². The van der Waals surface area contributed by atoms with Gasteiger partial charge in [-0.05, 0) is 47.9 Å². The average Bonchev–Trinajstić information content (AvgIpc) is 2.46. The van der Waals surface area contributed by atoms with Gasteiger partial charge in [0.1, 0.15) is 0 Å². The standard InChI is InChI=1S/C16H12O6/c1-8-12(3-2-4-13(8)16(21)22)9-5-10(14(17)18)7-11(6-9)15(19)20/h2-7H,1H3,(H,17,18)(H,19,20)(H,21,22). The van der Waals surface area contributed by atoms with Gasteiger partial charge < -0.3 is 15.3 Å². The number of carbonyl (C=O) groups is 3. The van der Waals surface area contributed by atoms with Gasteiger partial charge in [-0.25, -0.2) is 14.4 Å². The Hall–Kier alpha value is -3.15. The molecule has 112 valence electrons. The van der Waals surface area contributed by atoms with E-state index in [2.05, 4.69) is 0 Å². The fourth-order valence-electron chi connectivity index (χ4n) is 2.21. The predicted octanol–water partition coefficient (Wildman–Crippen LogP) is 2.76. The summed E-state index contributed by atoms with van der Waals surface area (Å²) in [6.07, 6.45) is 0. The molecular weight excluding hydrogens is 288 g/mol. The Kier molecular flexibility index (Phi) is 3.94. The maximum Gasteiger partial charge on any atom is 0.335 e.